The van der Waals surface area contributed by atoms with Gasteiger partial charge in [-0.25, -0.2) is 0 Å². The van der Waals surface area contributed by atoms with Gasteiger partial charge in [-0.15, -0.1) is 0 Å². The largest absolute Gasteiger partial charge is 0.366 e. The van der Waals surface area contributed by atoms with E-state index in [1.54, 1.807) is 0 Å². The maximum atomic E-state index is 11.6. The fraction of sp³-hybridized carbons (Fsp3) is 0.773. The Balaban J connectivity index is 1.30. The molecular weight excluding hydrogens is 350 g/mol. The highest BCUT2D eigenvalue weighted by molar-refractivity contribution is 5.92. The minimum Gasteiger partial charge on any atom is -0.366 e. The fourth-order valence-corrected chi connectivity index (χ4v) is 6.33. The van der Waals surface area contributed by atoms with E-state index in [0.29, 0.717) is 18.6 Å². The fourth-order valence-electron chi connectivity index (χ4n) is 6.33. The summed E-state index contributed by atoms with van der Waals surface area (Å²) in [6, 6.07) is 0.715. The van der Waals surface area contributed by atoms with E-state index in [9.17, 15) is 4.79 Å². The molecule has 1 amide bonds. The van der Waals surface area contributed by atoms with Crippen molar-refractivity contribution in [2.24, 2.45) is 17.6 Å². The molecule has 0 aromatic carbocycles. The molecule has 3 saturated heterocycles. The van der Waals surface area contributed by atoms with E-state index < -0.39 is 0 Å². The molecule has 1 aliphatic carbocycles. The number of amides is 1. The molecule has 154 valence electrons. The second kappa shape index (κ2) is 7.81. The van der Waals surface area contributed by atoms with Gasteiger partial charge in [0.1, 0.15) is 0 Å². The SMILES string of the molecule is NC(=O)C1=CN2CC3NCC4CCCC(CCN5CCCC5)C4N3CC2=CC1. The molecule has 4 fully saturated rings. The minimum absolute atomic E-state index is 0.288. The van der Waals surface area contributed by atoms with E-state index in [1.165, 1.54) is 63.9 Å². The lowest BCUT2D eigenvalue weighted by Crippen LogP contribution is -2.69. The summed E-state index contributed by atoms with van der Waals surface area (Å²) in [6.07, 6.45) is 13.6. The number of likely N-dealkylation sites (tertiary alicyclic amines) is 1. The van der Waals surface area contributed by atoms with Gasteiger partial charge in [0.15, 0.2) is 0 Å². The Morgan fingerprint density at radius 1 is 1.21 bits per heavy atom. The van der Waals surface area contributed by atoms with Crippen LogP contribution in [0.15, 0.2) is 23.5 Å². The van der Waals surface area contributed by atoms with Crippen molar-refractivity contribution in [2.75, 3.05) is 39.3 Å². The molecule has 1 saturated carbocycles. The Morgan fingerprint density at radius 2 is 2.07 bits per heavy atom. The molecule has 3 N–H and O–H groups in total. The lowest BCUT2D eigenvalue weighted by Gasteiger charge is -2.56. The first-order valence-electron chi connectivity index (χ1n) is 11.4. The number of piperazine rings is 1. The Morgan fingerprint density at radius 3 is 2.89 bits per heavy atom. The molecule has 5 rings (SSSR count). The molecule has 4 aliphatic heterocycles. The van der Waals surface area contributed by atoms with Gasteiger partial charge >= 0.3 is 0 Å². The van der Waals surface area contributed by atoms with Crippen LogP contribution in [-0.2, 0) is 4.79 Å². The molecule has 0 spiro atoms. The predicted molar refractivity (Wildman–Crippen MR) is 110 cm³/mol. The molecule has 5 aliphatic rings. The third-order valence-corrected chi connectivity index (χ3v) is 7.80. The topological polar surface area (TPSA) is 64.8 Å². The van der Waals surface area contributed by atoms with Crippen molar-refractivity contribution in [3.63, 3.8) is 0 Å². The number of hydrogen-bond acceptors (Lipinski definition) is 5. The molecule has 28 heavy (non-hydrogen) atoms. The Hall–Kier alpha value is -1.37. The predicted octanol–water partition coefficient (Wildman–Crippen LogP) is 1.46. The van der Waals surface area contributed by atoms with Gasteiger partial charge in [0.05, 0.1) is 12.7 Å². The third-order valence-electron chi connectivity index (χ3n) is 7.80. The number of nitrogens with one attached hydrogen (secondary N) is 1. The average molecular weight is 386 g/mol. The zero-order valence-corrected chi connectivity index (χ0v) is 17.0. The van der Waals surface area contributed by atoms with Gasteiger partial charge in [0.25, 0.3) is 0 Å². The van der Waals surface area contributed by atoms with Gasteiger partial charge in [0, 0.05) is 36.6 Å². The molecule has 4 heterocycles. The summed E-state index contributed by atoms with van der Waals surface area (Å²) >= 11 is 0. The first kappa shape index (κ1) is 18.6. The lowest BCUT2D eigenvalue weighted by atomic mass is 9.72. The maximum Gasteiger partial charge on any atom is 0.246 e. The zero-order valence-electron chi connectivity index (χ0n) is 17.0. The number of hydrogen-bond donors (Lipinski definition) is 2. The van der Waals surface area contributed by atoms with Crippen LogP contribution < -0.4 is 11.1 Å². The summed E-state index contributed by atoms with van der Waals surface area (Å²) in [5, 5.41) is 3.82. The van der Waals surface area contributed by atoms with Crippen LogP contribution in [0.3, 0.4) is 0 Å². The Labute approximate surface area is 168 Å². The molecule has 6 nitrogen and oxygen atoms in total. The van der Waals surface area contributed by atoms with Gasteiger partial charge in [-0.3, -0.25) is 15.0 Å². The number of allylic oxidation sites excluding steroid dienone is 1. The van der Waals surface area contributed by atoms with Crippen molar-refractivity contribution in [1.82, 2.24) is 20.0 Å². The number of rotatable bonds is 4. The molecule has 0 aromatic rings. The van der Waals surface area contributed by atoms with Crippen LogP contribution in [0.25, 0.3) is 0 Å². The molecule has 6 heteroatoms. The molecular formula is C22H35N5O. The number of primary amides is 1. The average Bonchev–Trinajstić information content (AvgIpc) is 3.23. The van der Waals surface area contributed by atoms with E-state index in [2.05, 4.69) is 26.1 Å². The highest BCUT2D eigenvalue weighted by Gasteiger charge is 2.45. The summed E-state index contributed by atoms with van der Waals surface area (Å²) in [6.45, 7) is 6.98. The monoisotopic (exact) mass is 385 g/mol. The van der Waals surface area contributed by atoms with Crippen LogP contribution in [0.4, 0.5) is 0 Å². The normalized spacial score (nSPS) is 36.2. The zero-order chi connectivity index (χ0) is 19.1. The smallest absolute Gasteiger partial charge is 0.246 e. The van der Waals surface area contributed by atoms with E-state index in [-0.39, 0.29) is 5.91 Å². The molecule has 0 bridgehead atoms. The number of nitrogens with zero attached hydrogens (tertiary/aromatic N) is 3. The van der Waals surface area contributed by atoms with Gasteiger partial charge in [-0.1, -0.05) is 12.5 Å². The van der Waals surface area contributed by atoms with Crippen molar-refractivity contribution in [2.45, 2.75) is 57.2 Å². The highest BCUT2D eigenvalue weighted by Crippen LogP contribution is 2.40. The number of carbonyl (C=O) groups excluding carboxylic acids is 1. The van der Waals surface area contributed by atoms with Crippen LogP contribution in [0, 0.1) is 11.8 Å². The van der Waals surface area contributed by atoms with Crippen LogP contribution >= 0.6 is 0 Å². The van der Waals surface area contributed by atoms with E-state index in [0.717, 1.165) is 37.0 Å². The molecule has 0 aromatic heterocycles. The van der Waals surface area contributed by atoms with E-state index in [4.69, 9.17) is 5.73 Å². The summed E-state index contributed by atoms with van der Waals surface area (Å²) in [5.74, 6) is 1.33. The lowest BCUT2D eigenvalue weighted by molar-refractivity contribution is -0.114. The van der Waals surface area contributed by atoms with E-state index >= 15 is 0 Å². The van der Waals surface area contributed by atoms with Crippen molar-refractivity contribution in [1.29, 1.82) is 0 Å². The highest BCUT2D eigenvalue weighted by atomic mass is 16.1. The van der Waals surface area contributed by atoms with Crippen molar-refractivity contribution >= 4 is 5.91 Å². The molecule has 4 atom stereocenters. The Kier molecular flexibility index (Phi) is 5.20. The standard InChI is InChI=1S/C22H35N5O/c23-22(28)18-6-7-19-14-27-20(15-26(19)13-18)24-12-17-5-3-4-16(21(17)27)8-11-25-9-1-2-10-25/h7,13,16-17,20-21,24H,1-6,8-12,14-15H2,(H2,23,28). The van der Waals surface area contributed by atoms with Crippen LogP contribution in [0.5, 0.6) is 0 Å². The first-order valence-corrected chi connectivity index (χ1v) is 11.4. The quantitative estimate of drug-likeness (QED) is 0.767. The number of carbonyl (C=O) groups is 1. The van der Waals surface area contributed by atoms with Crippen molar-refractivity contribution in [3.05, 3.63) is 23.5 Å². The van der Waals surface area contributed by atoms with Crippen LogP contribution in [0.2, 0.25) is 0 Å². The number of fused-ring (bicyclic) bond motifs is 4. The number of nitrogens with two attached hydrogens (primary N) is 1. The first-order chi connectivity index (χ1) is 13.7. The Bertz CT molecular complexity index is 668. The van der Waals surface area contributed by atoms with Gasteiger partial charge in [-0.2, -0.15) is 0 Å². The minimum atomic E-state index is -0.288. The third kappa shape index (κ3) is 3.51. The van der Waals surface area contributed by atoms with Crippen molar-refractivity contribution < 1.29 is 4.79 Å². The van der Waals surface area contributed by atoms with Gasteiger partial charge in [-0.05, 0) is 70.0 Å². The summed E-state index contributed by atoms with van der Waals surface area (Å²) in [7, 11) is 0. The van der Waals surface area contributed by atoms with Crippen LogP contribution in [0.1, 0.15) is 44.9 Å². The van der Waals surface area contributed by atoms with Crippen molar-refractivity contribution in [3.8, 4) is 0 Å². The summed E-state index contributed by atoms with van der Waals surface area (Å²) in [4.78, 5) is 19.3. The van der Waals surface area contributed by atoms with Gasteiger partial charge in [0.2, 0.25) is 5.91 Å². The molecule has 4 unspecified atom stereocenters. The molecule has 0 radical (unpaired) electrons. The summed E-state index contributed by atoms with van der Waals surface area (Å²) in [5.41, 5.74) is 7.60. The van der Waals surface area contributed by atoms with E-state index in [1.807, 2.05) is 6.20 Å². The van der Waals surface area contributed by atoms with Gasteiger partial charge < -0.3 is 15.5 Å². The van der Waals surface area contributed by atoms with Crippen LogP contribution in [-0.4, -0.2) is 72.1 Å². The summed E-state index contributed by atoms with van der Waals surface area (Å²) < 4.78 is 0. The second-order valence-electron chi connectivity index (χ2n) is 9.45. The maximum absolute atomic E-state index is 11.6. The second-order valence-corrected chi connectivity index (χ2v) is 9.45.